The van der Waals surface area contributed by atoms with E-state index in [9.17, 15) is 9.18 Å². The van der Waals surface area contributed by atoms with E-state index in [0.29, 0.717) is 10.0 Å². The van der Waals surface area contributed by atoms with Crippen LogP contribution in [0.5, 0.6) is 0 Å². The number of hydrogen-bond donors (Lipinski definition) is 1. The summed E-state index contributed by atoms with van der Waals surface area (Å²) in [5.74, 6) is -0.707. The van der Waals surface area contributed by atoms with E-state index in [1.54, 1.807) is 6.07 Å². The fourth-order valence-electron chi connectivity index (χ4n) is 2.01. The molecule has 0 aliphatic heterocycles. The van der Waals surface area contributed by atoms with E-state index in [1.165, 1.54) is 12.1 Å². The third-order valence-corrected chi connectivity index (χ3v) is 3.85. The highest BCUT2D eigenvalue weighted by molar-refractivity contribution is 9.10. The quantitative estimate of drug-likeness (QED) is 0.831. The molecular formula is C12H12BrClFNO. The Hall–Kier alpha value is -0.610. The molecule has 1 aliphatic carbocycles. The van der Waals surface area contributed by atoms with Crippen LogP contribution in [0.25, 0.3) is 0 Å². The molecule has 0 aromatic heterocycles. The molecule has 1 N–H and O–H groups in total. The first-order valence-electron chi connectivity index (χ1n) is 5.47. The summed E-state index contributed by atoms with van der Waals surface area (Å²) in [4.78, 5) is 11.9. The molecule has 5 heteroatoms. The zero-order chi connectivity index (χ0) is 12.4. The van der Waals surface area contributed by atoms with E-state index in [2.05, 4.69) is 21.2 Å². The Kier molecular flexibility index (Phi) is 4.05. The van der Waals surface area contributed by atoms with Crippen molar-refractivity contribution in [3.63, 3.8) is 0 Å². The smallest absolute Gasteiger partial charge is 0.251 e. The van der Waals surface area contributed by atoms with E-state index < -0.39 is 5.82 Å². The molecule has 17 heavy (non-hydrogen) atoms. The molecule has 0 bridgehead atoms. The van der Waals surface area contributed by atoms with Gasteiger partial charge in [0.2, 0.25) is 0 Å². The summed E-state index contributed by atoms with van der Waals surface area (Å²) in [6.07, 6.45) is 2.82. The van der Waals surface area contributed by atoms with Gasteiger partial charge in [0.05, 0.1) is 5.38 Å². The lowest BCUT2D eigenvalue weighted by Crippen LogP contribution is -2.37. The van der Waals surface area contributed by atoms with Crippen molar-refractivity contribution >= 4 is 33.4 Å². The third kappa shape index (κ3) is 3.19. The Morgan fingerprint density at radius 3 is 2.76 bits per heavy atom. The first-order chi connectivity index (χ1) is 8.06. The predicted molar refractivity (Wildman–Crippen MR) is 68.8 cm³/mol. The fraction of sp³-hybridized carbons (Fsp3) is 0.417. The minimum absolute atomic E-state index is 0.00814. The molecule has 1 saturated carbocycles. The highest BCUT2D eigenvalue weighted by Gasteiger charge is 2.27. The molecule has 2 rings (SSSR count). The van der Waals surface area contributed by atoms with Gasteiger partial charge in [-0.25, -0.2) is 4.39 Å². The molecule has 1 amide bonds. The maximum Gasteiger partial charge on any atom is 0.251 e. The number of carbonyl (C=O) groups is 1. The lowest BCUT2D eigenvalue weighted by molar-refractivity contribution is 0.0938. The average molecular weight is 321 g/mol. The summed E-state index contributed by atoms with van der Waals surface area (Å²) in [7, 11) is 0. The molecule has 92 valence electrons. The van der Waals surface area contributed by atoms with Crippen LogP contribution in [-0.2, 0) is 0 Å². The topological polar surface area (TPSA) is 29.1 Å². The van der Waals surface area contributed by atoms with Crippen molar-refractivity contribution in [3.05, 3.63) is 34.1 Å². The first kappa shape index (κ1) is 12.8. The lowest BCUT2D eigenvalue weighted by Gasteiger charge is -2.15. The van der Waals surface area contributed by atoms with Crippen LogP contribution in [0.4, 0.5) is 4.39 Å². The van der Waals surface area contributed by atoms with Gasteiger partial charge in [-0.2, -0.15) is 0 Å². The van der Waals surface area contributed by atoms with Crippen molar-refractivity contribution in [2.75, 3.05) is 0 Å². The second kappa shape index (κ2) is 5.36. The van der Waals surface area contributed by atoms with Crippen LogP contribution in [0.2, 0.25) is 0 Å². The Morgan fingerprint density at radius 1 is 1.41 bits per heavy atom. The zero-order valence-electron chi connectivity index (χ0n) is 9.05. The van der Waals surface area contributed by atoms with Gasteiger partial charge in [-0.15, -0.1) is 11.6 Å². The fourth-order valence-corrected chi connectivity index (χ4v) is 2.82. The van der Waals surface area contributed by atoms with E-state index in [0.717, 1.165) is 19.3 Å². The van der Waals surface area contributed by atoms with Crippen LogP contribution in [0.1, 0.15) is 29.6 Å². The highest BCUT2D eigenvalue weighted by atomic mass is 79.9. The average Bonchev–Trinajstić information content (AvgIpc) is 2.63. The summed E-state index contributed by atoms with van der Waals surface area (Å²) < 4.78 is 13.7. The zero-order valence-corrected chi connectivity index (χ0v) is 11.4. The maximum absolute atomic E-state index is 13.1. The van der Waals surface area contributed by atoms with Crippen LogP contribution in [-0.4, -0.2) is 17.3 Å². The summed E-state index contributed by atoms with van der Waals surface area (Å²) >= 11 is 9.23. The standard InChI is InChI=1S/C12H12BrClFNO/c13-8-4-7(5-9(15)6-8)12(17)16-11-3-1-2-10(11)14/h4-6,10-11H,1-3H2,(H,16,17). The van der Waals surface area contributed by atoms with Crippen LogP contribution in [0.3, 0.4) is 0 Å². The van der Waals surface area contributed by atoms with Crippen molar-refractivity contribution in [1.29, 1.82) is 0 Å². The van der Waals surface area contributed by atoms with Crippen molar-refractivity contribution in [2.45, 2.75) is 30.7 Å². The molecule has 2 unspecified atom stereocenters. The van der Waals surface area contributed by atoms with E-state index >= 15 is 0 Å². The van der Waals surface area contributed by atoms with Gasteiger partial charge in [0, 0.05) is 16.1 Å². The highest BCUT2D eigenvalue weighted by Crippen LogP contribution is 2.24. The molecule has 1 aromatic carbocycles. The Morgan fingerprint density at radius 2 is 2.18 bits per heavy atom. The molecule has 1 aromatic rings. The lowest BCUT2D eigenvalue weighted by atomic mass is 10.1. The molecule has 2 nitrogen and oxygen atoms in total. The minimum Gasteiger partial charge on any atom is -0.348 e. The molecular weight excluding hydrogens is 308 g/mol. The number of alkyl halides is 1. The second-order valence-electron chi connectivity index (χ2n) is 4.18. The maximum atomic E-state index is 13.1. The number of benzene rings is 1. The number of amides is 1. The van der Waals surface area contributed by atoms with Gasteiger partial charge in [-0.1, -0.05) is 15.9 Å². The van der Waals surface area contributed by atoms with Gasteiger partial charge in [-0.3, -0.25) is 4.79 Å². The largest absolute Gasteiger partial charge is 0.348 e. The van der Waals surface area contributed by atoms with Crippen LogP contribution >= 0.6 is 27.5 Å². The summed E-state index contributed by atoms with van der Waals surface area (Å²) in [5, 5.41) is 2.82. The normalized spacial score (nSPS) is 23.7. The molecule has 0 saturated heterocycles. The molecule has 1 aliphatic rings. The summed E-state index contributed by atoms with van der Waals surface area (Å²) in [6, 6.07) is 4.12. The predicted octanol–water partition coefficient (Wildman–Crippen LogP) is 3.48. The van der Waals surface area contributed by atoms with Crippen molar-refractivity contribution in [2.24, 2.45) is 0 Å². The number of carbonyl (C=O) groups excluding carboxylic acids is 1. The van der Waals surface area contributed by atoms with E-state index in [1.807, 2.05) is 0 Å². The monoisotopic (exact) mass is 319 g/mol. The third-order valence-electron chi connectivity index (χ3n) is 2.87. The number of halogens is 3. The summed E-state index contributed by atoms with van der Waals surface area (Å²) in [6.45, 7) is 0. The number of nitrogens with one attached hydrogen (secondary N) is 1. The molecule has 0 heterocycles. The van der Waals surface area contributed by atoms with E-state index in [-0.39, 0.29) is 17.3 Å². The van der Waals surface area contributed by atoms with Gasteiger partial charge in [0.25, 0.3) is 5.91 Å². The van der Waals surface area contributed by atoms with Crippen molar-refractivity contribution in [3.8, 4) is 0 Å². The van der Waals surface area contributed by atoms with Crippen molar-refractivity contribution in [1.82, 2.24) is 5.32 Å². The molecule has 0 spiro atoms. The second-order valence-corrected chi connectivity index (χ2v) is 5.66. The van der Waals surface area contributed by atoms with Gasteiger partial charge < -0.3 is 5.32 Å². The Bertz CT molecular complexity index is 420. The molecule has 2 atom stereocenters. The SMILES string of the molecule is O=C(NC1CCCC1Cl)c1cc(F)cc(Br)c1. The molecule has 0 radical (unpaired) electrons. The van der Waals surface area contributed by atoms with Crippen LogP contribution in [0, 0.1) is 5.82 Å². The molecule has 1 fully saturated rings. The van der Waals surface area contributed by atoms with Crippen molar-refractivity contribution < 1.29 is 9.18 Å². The first-order valence-corrected chi connectivity index (χ1v) is 6.70. The Labute approximate surface area is 113 Å². The summed E-state index contributed by atoms with van der Waals surface area (Å²) in [5.41, 5.74) is 0.313. The van der Waals surface area contributed by atoms with Gasteiger partial charge >= 0.3 is 0 Å². The minimum atomic E-state index is -0.432. The van der Waals surface area contributed by atoms with Gasteiger partial charge in [0.1, 0.15) is 5.82 Å². The number of hydrogen-bond acceptors (Lipinski definition) is 1. The Balaban J connectivity index is 2.09. The van der Waals surface area contributed by atoms with Gasteiger partial charge in [-0.05, 0) is 37.5 Å². The van der Waals surface area contributed by atoms with Crippen LogP contribution < -0.4 is 5.32 Å². The van der Waals surface area contributed by atoms with E-state index in [4.69, 9.17) is 11.6 Å². The number of rotatable bonds is 2. The van der Waals surface area contributed by atoms with Gasteiger partial charge in [0.15, 0.2) is 0 Å². The van der Waals surface area contributed by atoms with Crippen LogP contribution in [0.15, 0.2) is 22.7 Å².